The molecule has 1 aliphatic heterocycles. The van der Waals surface area contributed by atoms with Crippen LogP contribution in [0.2, 0.25) is 0 Å². The maximum atomic E-state index is 13.4. The first-order valence-electron chi connectivity index (χ1n) is 9.38. The zero-order valence-electron chi connectivity index (χ0n) is 15.7. The Hall–Kier alpha value is -2.28. The Bertz CT molecular complexity index is 844. The highest BCUT2D eigenvalue weighted by Crippen LogP contribution is 2.22. The van der Waals surface area contributed by atoms with Crippen molar-refractivity contribution in [3.63, 3.8) is 0 Å². The third-order valence-electron chi connectivity index (χ3n) is 4.93. The maximum absolute atomic E-state index is 13.4. The van der Waals surface area contributed by atoms with Gasteiger partial charge in [0.05, 0.1) is 5.92 Å². The van der Waals surface area contributed by atoms with Gasteiger partial charge in [-0.15, -0.1) is 0 Å². The number of anilines is 1. The summed E-state index contributed by atoms with van der Waals surface area (Å²) in [6.07, 6.45) is 3.63. The number of carbonyl (C=O) groups excluding carboxylic acids is 2. The van der Waals surface area contributed by atoms with E-state index in [-0.39, 0.29) is 29.5 Å². The molecule has 3 rings (SSSR count). The Kier molecular flexibility index (Phi) is 6.78. The van der Waals surface area contributed by atoms with Crippen LogP contribution in [0.3, 0.4) is 0 Å². The van der Waals surface area contributed by atoms with E-state index in [9.17, 15) is 14.0 Å². The van der Waals surface area contributed by atoms with Gasteiger partial charge in [-0.25, -0.2) is 9.37 Å². The summed E-state index contributed by atoms with van der Waals surface area (Å²) in [5.41, 5.74) is 0.800. The summed E-state index contributed by atoms with van der Waals surface area (Å²) >= 11 is 3.31. The summed E-state index contributed by atoms with van der Waals surface area (Å²) in [6, 6.07) is 9.87. The maximum Gasteiger partial charge on any atom is 0.230 e. The van der Waals surface area contributed by atoms with Gasteiger partial charge in [0.1, 0.15) is 11.6 Å². The standard InChI is InChI=1S/C21H23BrFN3O2/c1-14(10-15-4-2-6-18(23)11-15)21(28)26-9-3-5-16(13-26)20(27)25-19-8-7-17(22)12-24-19/h2,4,6-8,11-12,14,16H,3,5,9-10,13H2,1H3,(H,24,25,27). The SMILES string of the molecule is CC(Cc1cccc(F)c1)C(=O)N1CCCC(C(=O)Nc2ccc(Br)cn2)C1. The second kappa shape index (κ2) is 9.28. The summed E-state index contributed by atoms with van der Waals surface area (Å²) in [4.78, 5) is 31.3. The van der Waals surface area contributed by atoms with Gasteiger partial charge in [0.2, 0.25) is 11.8 Å². The fraction of sp³-hybridized carbons (Fsp3) is 0.381. The average Bonchev–Trinajstić information content (AvgIpc) is 2.69. The number of amides is 2. The largest absolute Gasteiger partial charge is 0.342 e. The zero-order valence-corrected chi connectivity index (χ0v) is 17.3. The summed E-state index contributed by atoms with van der Waals surface area (Å²) in [7, 11) is 0. The lowest BCUT2D eigenvalue weighted by Gasteiger charge is -2.33. The molecule has 148 valence electrons. The van der Waals surface area contributed by atoms with E-state index in [1.54, 1.807) is 23.2 Å². The van der Waals surface area contributed by atoms with E-state index in [1.165, 1.54) is 12.1 Å². The van der Waals surface area contributed by atoms with Crippen molar-refractivity contribution in [2.45, 2.75) is 26.2 Å². The van der Waals surface area contributed by atoms with Crippen LogP contribution in [0.5, 0.6) is 0 Å². The van der Waals surface area contributed by atoms with Gasteiger partial charge < -0.3 is 10.2 Å². The quantitative estimate of drug-likeness (QED) is 0.751. The highest BCUT2D eigenvalue weighted by molar-refractivity contribution is 9.10. The van der Waals surface area contributed by atoms with Crippen molar-refractivity contribution in [3.05, 3.63) is 58.4 Å². The highest BCUT2D eigenvalue weighted by Gasteiger charge is 2.30. The molecule has 1 saturated heterocycles. The van der Waals surface area contributed by atoms with E-state index >= 15 is 0 Å². The van der Waals surface area contributed by atoms with E-state index in [1.807, 2.05) is 19.1 Å². The molecule has 2 amide bonds. The van der Waals surface area contributed by atoms with Crippen LogP contribution in [0, 0.1) is 17.7 Å². The van der Waals surface area contributed by atoms with E-state index < -0.39 is 0 Å². The molecule has 2 atom stereocenters. The van der Waals surface area contributed by atoms with Crippen LogP contribution in [0.25, 0.3) is 0 Å². The van der Waals surface area contributed by atoms with Crippen molar-refractivity contribution < 1.29 is 14.0 Å². The first kappa shape index (κ1) is 20.5. The van der Waals surface area contributed by atoms with Crippen LogP contribution < -0.4 is 5.32 Å². The summed E-state index contributed by atoms with van der Waals surface area (Å²) < 4.78 is 14.2. The number of hydrogen-bond donors (Lipinski definition) is 1. The topological polar surface area (TPSA) is 62.3 Å². The number of rotatable bonds is 5. The number of aromatic nitrogens is 1. The number of piperidine rings is 1. The first-order valence-corrected chi connectivity index (χ1v) is 10.2. The molecule has 5 nitrogen and oxygen atoms in total. The molecule has 0 spiro atoms. The number of nitrogens with one attached hydrogen (secondary N) is 1. The minimum Gasteiger partial charge on any atom is -0.342 e. The number of benzene rings is 1. The molecular formula is C21H23BrFN3O2. The molecule has 1 N–H and O–H groups in total. The van der Waals surface area contributed by atoms with Gasteiger partial charge >= 0.3 is 0 Å². The third-order valence-corrected chi connectivity index (χ3v) is 5.40. The number of pyridine rings is 1. The van der Waals surface area contributed by atoms with Gasteiger partial charge in [-0.3, -0.25) is 9.59 Å². The summed E-state index contributed by atoms with van der Waals surface area (Å²) in [5.74, 6) is -0.445. The molecule has 1 aliphatic rings. The highest BCUT2D eigenvalue weighted by atomic mass is 79.9. The zero-order chi connectivity index (χ0) is 20.1. The Morgan fingerprint density at radius 1 is 1.36 bits per heavy atom. The van der Waals surface area contributed by atoms with Crippen molar-refractivity contribution in [2.24, 2.45) is 11.8 Å². The normalized spacial score (nSPS) is 17.8. The fourth-order valence-corrected chi connectivity index (χ4v) is 3.72. The second-order valence-corrected chi connectivity index (χ2v) is 8.13. The number of carbonyl (C=O) groups is 2. The van der Waals surface area contributed by atoms with Gasteiger partial charge in [-0.1, -0.05) is 19.1 Å². The Morgan fingerprint density at radius 3 is 2.89 bits per heavy atom. The lowest BCUT2D eigenvalue weighted by molar-refractivity contribution is -0.138. The van der Waals surface area contributed by atoms with E-state index in [4.69, 9.17) is 0 Å². The molecule has 0 radical (unpaired) electrons. The summed E-state index contributed by atoms with van der Waals surface area (Å²) in [6.45, 7) is 2.89. The van der Waals surface area contributed by atoms with Gasteiger partial charge in [0.25, 0.3) is 0 Å². The molecule has 1 fully saturated rings. The van der Waals surface area contributed by atoms with Crippen molar-refractivity contribution in [1.29, 1.82) is 0 Å². The molecule has 28 heavy (non-hydrogen) atoms. The van der Waals surface area contributed by atoms with Crippen LogP contribution >= 0.6 is 15.9 Å². The molecule has 0 saturated carbocycles. The van der Waals surface area contributed by atoms with Crippen LogP contribution in [-0.4, -0.2) is 34.8 Å². The van der Waals surface area contributed by atoms with Crippen molar-refractivity contribution >= 4 is 33.6 Å². The van der Waals surface area contributed by atoms with Crippen LogP contribution in [0.15, 0.2) is 47.1 Å². The number of nitrogens with zero attached hydrogens (tertiary/aromatic N) is 2. The molecule has 2 aromatic rings. The number of hydrogen-bond acceptors (Lipinski definition) is 3. The van der Waals surface area contributed by atoms with E-state index in [0.29, 0.717) is 25.3 Å². The van der Waals surface area contributed by atoms with E-state index in [2.05, 4.69) is 26.2 Å². The molecule has 0 aliphatic carbocycles. The molecule has 1 aromatic carbocycles. The fourth-order valence-electron chi connectivity index (χ4n) is 3.49. The second-order valence-electron chi connectivity index (χ2n) is 7.21. The Balaban J connectivity index is 1.57. The van der Waals surface area contributed by atoms with Crippen LogP contribution in [-0.2, 0) is 16.0 Å². The molecular weight excluding hydrogens is 425 g/mol. The van der Waals surface area contributed by atoms with Crippen LogP contribution in [0.1, 0.15) is 25.3 Å². The number of halogens is 2. The van der Waals surface area contributed by atoms with Crippen molar-refractivity contribution in [3.8, 4) is 0 Å². The number of likely N-dealkylation sites (tertiary alicyclic amines) is 1. The minimum atomic E-state index is -0.298. The average molecular weight is 448 g/mol. The van der Waals surface area contributed by atoms with Gasteiger partial charge in [0.15, 0.2) is 0 Å². The molecule has 1 aromatic heterocycles. The molecule has 2 unspecified atom stereocenters. The van der Waals surface area contributed by atoms with Gasteiger partial charge in [0, 0.05) is 29.7 Å². The lowest BCUT2D eigenvalue weighted by atomic mass is 9.94. The van der Waals surface area contributed by atoms with Crippen molar-refractivity contribution in [2.75, 3.05) is 18.4 Å². The smallest absolute Gasteiger partial charge is 0.230 e. The third kappa shape index (κ3) is 5.38. The minimum absolute atomic E-state index is 0.00327. The van der Waals surface area contributed by atoms with Gasteiger partial charge in [-0.2, -0.15) is 0 Å². The van der Waals surface area contributed by atoms with E-state index in [0.717, 1.165) is 22.9 Å². The van der Waals surface area contributed by atoms with Gasteiger partial charge in [-0.05, 0) is 65.0 Å². The molecule has 0 bridgehead atoms. The lowest BCUT2D eigenvalue weighted by Crippen LogP contribution is -2.46. The Labute approximate surface area is 172 Å². The van der Waals surface area contributed by atoms with Crippen LogP contribution in [0.4, 0.5) is 10.2 Å². The monoisotopic (exact) mass is 447 g/mol. The molecule has 2 heterocycles. The molecule has 7 heteroatoms. The van der Waals surface area contributed by atoms with Crippen molar-refractivity contribution in [1.82, 2.24) is 9.88 Å². The first-order chi connectivity index (χ1) is 13.4. The summed E-state index contributed by atoms with van der Waals surface area (Å²) in [5, 5.41) is 2.82. The predicted molar refractivity (Wildman–Crippen MR) is 109 cm³/mol. The Morgan fingerprint density at radius 2 is 2.18 bits per heavy atom. The predicted octanol–water partition coefficient (Wildman–Crippen LogP) is 4.04.